The van der Waals surface area contributed by atoms with E-state index >= 15 is 0 Å². The van der Waals surface area contributed by atoms with Crippen molar-refractivity contribution in [3.05, 3.63) is 42.7 Å². The van der Waals surface area contributed by atoms with Crippen molar-refractivity contribution < 1.29 is 13.9 Å². The van der Waals surface area contributed by atoms with E-state index in [1.807, 2.05) is 37.8 Å². The van der Waals surface area contributed by atoms with Gasteiger partial charge in [-0.15, -0.1) is 0 Å². The first kappa shape index (κ1) is 18.4. The molecule has 0 saturated carbocycles. The molecule has 26 heavy (non-hydrogen) atoms. The number of hydrogen-bond acceptors (Lipinski definition) is 4. The molecule has 0 spiro atoms. The molecular formula is C21H28N2O3. The smallest absolute Gasteiger partial charge is 0.410 e. The van der Waals surface area contributed by atoms with Gasteiger partial charge < -0.3 is 19.4 Å². The van der Waals surface area contributed by atoms with Crippen molar-refractivity contribution in [2.45, 2.75) is 39.2 Å². The zero-order valence-corrected chi connectivity index (χ0v) is 15.8. The van der Waals surface area contributed by atoms with Crippen molar-refractivity contribution in [2.24, 2.45) is 5.92 Å². The Balaban J connectivity index is 1.43. The number of amides is 1. The summed E-state index contributed by atoms with van der Waals surface area (Å²) in [7, 11) is 0. The lowest BCUT2D eigenvalue weighted by molar-refractivity contribution is 0.0188. The van der Waals surface area contributed by atoms with Crippen molar-refractivity contribution in [3.63, 3.8) is 0 Å². The second kappa shape index (κ2) is 7.85. The molecule has 2 aromatic rings. The number of anilines is 1. The van der Waals surface area contributed by atoms with Gasteiger partial charge in [0.15, 0.2) is 0 Å². The van der Waals surface area contributed by atoms with Crippen LogP contribution in [0.2, 0.25) is 0 Å². The van der Waals surface area contributed by atoms with Gasteiger partial charge >= 0.3 is 6.09 Å². The van der Waals surface area contributed by atoms with E-state index in [1.165, 1.54) is 0 Å². The summed E-state index contributed by atoms with van der Waals surface area (Å²) in [5.41, 5.74) is 1.75. The molecule has 5 nitrogen and oxygen atoms in total. The Hall–Kier alpha value is -2.43. The molecule has 0 bridgehead atoms. The first-order valence-electron chi connectivity index (χ1n) is 9.26. The van der Waals surface area contributed by atoms with Gasteiger partial charge in [-0.3, -0.25) is 0 Å². The van der Waals surface area contributed by atoms with Crippen molar-refractivity contribution in [2.75, 3.05) is 25.0 Å². The largest absolute Gasteiger partial charge is 0.464 e. The lowest BCUT2D eigenvalue weighted by Gasteiger charge is -2.33. The summed E-state index contributed by atoms with van der Waals surface area (Å²) in [4.78, 5) is 13.9. The molecule has 2 heterocycles. The Labute approximate surface area is 155 Å². The van der Waals surface area contributed by atoms with Crippen molar-refractivity contribution in [1.82, 2.24) is 4.90 Å². The highest BCUT2D eigenvalue weighted by molar-refractivity contribution is 5.68. The van der Waals surface area contributed by atoms with Crippen LogP contribution >= 0.6 is 0 Å². The van der Waals surface area contributed by atoms with Crippen LogP contribution in [-0.4, -0.2) is 36.2 Å². The van der Waals surface area contributed by atoms with E-state index in [0.717, 1.165) is 49.5 Å². The highest BCUT2D eigenvalue weighted by Crippen LogP contribution is 2.23. The summed E-state index contributed by atoms with van der Waals surface area (Å²) in [6.45, 7) is 8.15. The number of rotatable bonds is 4. The van der Waals surface area contributed by atoms with Crippen LogP contribution in [0.25, 0.3) is 11.3 Å². The molecule has 1 fully saturated rings. The monoisotopic (exact) mass is 356 g/mol. The molecule has 1 aliphatic heterocycles. The summed E-state index contributed by atoms with van der Waals surface area (Å²) in [5.74, 6) is 1.45. The molecule has 140 valence electrons. The number of furan rings is 1. The fraction of sp³-hybridized carbons (Fsp3) is 0.476. The van der Waals surface area contributed by atoms with Crippen LogP contribution in [0.4, 0.5) is 10.5 Å². The third kappa shape index (κ3) is 5.04. The predicted octanol–water partition coefficient (Wildman–Crippen LogP) is 5.01. The number of hydrogen-bond donors (Lipinski definition) is 1. The quantitative estimate of drug-likeness (QED) is 0.837. The SMILES string of the molecule is CC(C)(C)OC(=O)N1CCC(CNc2ccc(-c3ccco3)cc2)CC1. The second-order valence-electron chi connectivity index (χ2n) is 7.85. The number of nitrogens with one attached hydrogen (secondary N) is 1. The van der Waals surface area contributed by atoms with Crippen molar-refractivity contribution >= 4 is 11.8 Å². The fourth-order valence-electron chi connectivity index (χ4n) is 3.10. The number of ether oxygens (including phenoxy) is 1. The normalized spacial score (nSPS) is 15.7. The van der Waals surface area contributed by atoms with Gasteiger partial charge in [-0.2, -0.15) is 0 Å². The molecule has 1 saturated heterocycles. The van der Waals surface area contributed by atoms with Gasteiger partial charge in [0.05, 0.1) is 6.26 Å². The van der Waals surface area contributed by atoms with E-state index in [-0.39, 0.29) is 6.09 Å². The Morgan fingerprint density at radius 2 is 1.88 bits per heavy atom. The summed E-state index contributed by atoms with van der Waals surface area (Å²) in [6.07, 6.45) is 3.48. The van der Waals surface area contributed by atoms with E-state index in [4.69, 9.17) is 9.15 Å². The van der Waals surface area contributed by atoms with E-state index in [1.54, 1.807) is 6.26 Å². The maximum Gasteiger partial charge on any atom is 0.410 e. The Kier molecular flexibility index (Phi) is 5.55. The molecular weight excluding hydrogens is 328 g/mol. The number of benzene rings is 1. The third-order valence-corrected chi connectivity index (χ3v) is 4.55. The first-order valence-corrected chi connectivity index (χ1v) is 9.26. The maximum absolute atomic E-state index is 12.1. The number of likely N-dealkylation sites (tertiary alicyclic amines) is 1. The molecule has 1 N–H and O–H groups in total. The number of carbonyl (C=O) groups is 1. The first-order chi connectivity index (χ1) is 12.4. The Morgan fingerprint density at radius 3 is 2.46 bits per heavy atom. The summed E-state index contributed by atoms with van der Waals surface area (Å²) >= 11 is 0. The fourth-order valence-corrected chi connectivity index (χ4v) is 3.10. The number of nitrogens with zero attached hydrogens (tertiary/aromatic N) is 1. The predicted molar refractivity (Wildman–Crippen MR) is 103 cm³/mol. The standard InChI is InChI=1S/C21H28N2O3/c1-21(2,3)26-20(24)23-12-10-16(11-13-23)15-22-18-8-6-17(7-9-18)19-5-4-14-25-19/h4-9,14,16,22H,10-13,15H2,1-3H3. The van der Waals surface area contributed by atoms with Crippen molar-refractivity contribution in [1.29, 1.82) is 0 Å². The molecule has 1 amide bonds. The van der Waals surface area contributed by atoms with Gasteiger partial charge in [-0.1, -0.05) is 0 Å². The Morgan fingerprint density at radius 1 is 1.19 bits per heavy atom. The highest BCUT2D eigenvalue weighted by Gasteiger charge is 2.26. The van der Waals surface area contributed by atoms with Crippen LogP contribution in [0.15, 0.2) is 47.1 Å². The lowest BCUT2D eigenvalue weighted by Crippen LogP contribution is -2.42. The van der Waals surface area contributed by atoms with Crippen LogP contribution < -0.4 is 5.32 Å². The van der Waals surface area contributed by atoms with Crippen LogP contribution in [-0.2, 0) is 4.74 Å². The molecule has 0 radical (unpaired) electrons. The van der Waals surface area contributed by atoms with Crippen LogP contribution in [0.1, 0.15) is 33.6 Å². The van der Waals surface area contributed by atoms with Gasteiger partial charge in [0, 0.05) is 30.9 Å². The van der Waals surface area contributed by atoms with Gasteiger partial charge in [0.25, 0.3) is 0 Å². The average Bonchev–Trinajstić information content (AvgIpc) is 3.14. The molecule has 0 atom stereocenters. The summed E-state index contributed by atoms with van der Waals surface area (Å²) < 4.78 is 10.9. The minimum absolute atomic E-state index is 0.197. The third-order valence-electron chi connectivity index (χ3n) is 4.55. The molecule has 0 aliphatic carbocycles. The van der Waals surface area contributed by atoms with E-state index in [0.29, 0.717) is 5.92 Å². The minimum atomic E-state index is -0.433. The zero-order chi connectivity index (χ0) is 18.6. The Bertz CT molecular complexity index is 694. The van der Waals surface area contributed by atoms with Crippen LogP contribution in [0.5, 0.6) is 0 Å². The van der Waals surface area contributed by atoms with E-state index in [2.05, 4.69) is 29.6 Å². The van der Waals surface area contributed by atoms with Gasteiger partial charge in [-0.25, -0.2) is 4.79 Å². The van der Waals surface area contributed by atoms with Gasteiger partial charge in [0.2, 0.25) is 0 Å². The molecule has 1 aromatic carbocycles. The maximum atomic E-state index is 12.1. The lowest BCUT2D eigenvalue weighted by atomic mass is 9.97. The number of carbonyl (C=O) groups excluding carboxylic acids is 1. The average molecular weight is 356 g/mol. The van der Waals surface area contributed by atoms with Gasteiger partial charge in [-0.05, 0) is 75.9 Å². The van der Waals surface area contributed by atoms with Crippen LogP contribution in [0.3, 0.4) is 0 Å². The molecule has 1 aromatic heterocycles. The van der Waals surface area contributed by atoms with E-state index < -0.39 is 5.60 Å². The minimum Gasteiger partial charge on any atom is -0.464 e. The molecule has 5 heteroatoms. The van der Waals surface area contributed by atoms with Gasteiger partial charge in [0.1, 0.15) is 11.4 Å². The molecule has 1 aliphatic rings. The number of piperidine rings is 1. The van der Waals surface area contributed by atoms with E-state index in [9.17, 15) is 4.79 Å². The highest BCUT2D eigenvalue weighted by atomic mass is 16.6. The topological polar surface area (TPSA) is 54.7 Å². The van der Waals surface area contributed by atoms with Crippen LogP contribution in [0, 0.1) is 5.92 Å². The van der Waals surface area contributed by atoms with Crippen molar-refractivity contribution in [3.8, 4) is 11.3 Å². The zero-order valence-electron chi connectivity index (χ0n) is 15.8. The summed E-state index contributed by atoms with van der Waals surface area (Å²) in [6, 6.07) is 12.1. The summed E-state index contributed by atoms with van der Waals surface area (Å²) in [5, 5.41) is 3.50. The molecule has 0 unspecified atom stereocenters. The second-order valence-corrected chi connectivity index (χ2v) is 7.85. The molecule has 3 rings (SSSR count).